The molecular weight excluding hydrogens is 147 g/mol. The quantitative estimate of drug-likeness (QED) is 0.285. The molecule has 1 unspecified atom stereocenters. The first kappa shape index (κ1) is 10.7. The molecule has 1 aliphatic carbocycles. The molecule has 0 aromatic heterocycles. The van der Waals surface area contributed by atoms with Crippen LogP contribution < -0.4 is 29.6 Å². The van der Waals surface area contributed by atoms with Gasteiger partial charge in [-0.05, 0) is 10.2 Å². The predicted molar refractivity (Wildman–Crippen MR) is 44.2 cm³/mol. The predicted octanol–water partition coefficient (Wildman–Crippen LogP) is -1.97. The zero-order valence-corrected chi connectivity index (χ0v) is 11.6. The van der Waals surface area contributed by atoms with E-state index in [0.29, 0.717) is 5.92 Å². The van der Waals surface area contributed by atoms with Crippen molar-refractivity contribution in [2.75, 3.05) is 0 Å². The van der Waals surface area contributed by atoms with E-state index in [9.17, 15) is 0 Å². The molecule has 0 aromatic rings. The van der Waals surface area contributed by atoms with Gasteiger partial charge in [-0.3, -0.25) is 6.08 Å². The fourth-order valence-electron chi connectivity index (χ4n) is 1.16. The molecule has 0 amide bonds. The molecule has 0 radical (unpaired) electrons. The monoisotopic (exact) mass is 160 g/mol. The first-order valence-corrected chi connectivity index (χ1v) is 4.40. The summed E-state index contributed by atoms with van der Waals surface area (Å²) in [5.41, 5.74) is 3.01. The molecule has 0 spiro atoms. The molecule has 0 bridgehead atoms. The third kappa shape index (κ3) is 1.85. The molecule has 0 N–H and O–H groups in total. The van der Waals surface area contributed by atoms with Crippen LogP contribution in [-0.2, 0) is 0 Å². The first-order valence-electron chi connectivity index (χ1n) is 3.40. The van der Waals surface area contributed by atoms with Gasteiger partial charge in [-0.25, -0.2) is 10.8 Å². The minimum absolute atomic E-state index is 0. The Morgan fingerprint density at radius 3 is 2.00 bits per heavy atom. The second-order valence-electron chi connectivity index (χ2n) is 2.80. The van der Waals surface area contributed by atoms with Gasteiger partial charge in [0.25, 0.3) is 0 Å². The van der Waals surface area contributed by atoms with E-state index in [-0.39, 0.29) is 29.6 Å². The van der Waals surface area contributed by atoms with Crippen molar-refractivity contribution in [2.45, 2.75) is 20.8 Å². The maximum atomic E-state index is 3.42. The molecule has 0 fully saturated rings. The summed E-state index contributed by atoms with van der Waals surface area (Å²) in [6.07, 6.45) is 3.42. The normalized spacial score (nSPS) is 24.7. The van der Waals surface area contributed by atoms with E-state index >= 15 is 0 Å². The van der Waals surface area contributed by atoms with Crippen molar-refractivity contribution in [3.63, 3.8) is 0 Å². The maximum absolute atomic E-state index is 3.42. The zero-order chi connectivity index (χ0) is 7.02. The van der Waals surface area contributed by atoms with Crippen molar-refractivity contribution >= 4 is 10.2 Å². The topological polar surface area (TPSA) is 0 Å². The van der Waals surface area contributed by atoms with Crippen LogP contribution in [0.25, 0.3) is 0 Å². The number of hydrogen-bond donors (Lipinski definition) is 0. The van der Waals surface area contributed by atoms with Crippen LogP contribution >= 0.6 is 0 Å². The van der Waals surface area contributed by atoms with Crippen LogP contribution in [0, 0.1) is 12.0 Å². The Hall–Kier alpha value is 0.697. The number of hydrogen-bond acceptors (Lipinski definition) is 0. The summed E-state index contributed by atoms with van der Waals surface area (Å²) in [5.74, 6) is 0.595. The fraction of sp³-hybridized carbons (Fsp3) is 0.500. The molecule has 0 heterocycles. The Bertz CT molecular complexity index is 191. The van der Waals surface area contributed by atoms with E-state index in [1.165, 1.54) is 16.3 Å². The second-order valence-corrected chi connectivity index (χ2v) is 3.80. The van der Waals surface area contributed by atoms with E-state index in [1.807, 2.05) is 0 Å². The molecule has 0 aromatic carbocycles. The molecule has 0 aliphatic heterocycles. The molecule has 1 atom stereocenters. The third-order valence-electron chi connectivity index (χ3n) is 2.24. The Kier molecular flexibility index (Phi) is 4.18. The average molecular weight is 160 g/mol. The van der Waals surface area contributed by atoms with Crippen molar-refractivity contribution in [1.29, 1.82) is 0 Å². The van der Waals surface area contributed by atoms with Gasteiger partial charge in [0.1, 0.15) is 0 Å². The van der Waals surface area contributed by atoms with Crippen molar-refractivity contribution in [1.82, 2.24) is 0 Å². The Balaban J connectivity index is 0.000000810. The van der Waals surface area contributed by atoms with Gasteiger partial charge >= 0.3 is 29.6 Å². The summed E-state index contributed by atoms with van der Waals surface area (Å²) in [7, 11) is 1.16. The summed E-state index contributed by atoms with van der Waals surface area (Å²) in [6.45, 7) is 6.62. The largest absolute Gasteiger partial charge is 1.00 e. The van der Waals surface area contributed by atoms with E-state index < -0.39 is 0 Å². The summed E-state index contributed by atoms with van der Waals surface area (Å²) in [6, 6.07) is 0. The first-order chi connectivity index (χ1) is 4.13. The summed E-state index contributed by atoms with van der Waals surface area (Å²) in [5, 5.41) is 1.47. The molecule has 1 aliphatic rings. The molecule has 0 saturated carbocycles. The van der Waals surface area contributed by atoms with Crippen LogP contribution in [0.15, 0.2) is 16.3 Å². The Labute approximate surface area is 88.5 Å². The molecule has 0 nitrogen and oxygen atoms in total. The third-order valence-corrected chi connectivity index (χ3v) is 3.28. The van der Waals surface area contributed by atoms with Gasteiger partial charge in [0, 0.05) is 0 Å². The van der Waals surface area contributed by atoms with Crippen LogP contribution in [0.5, 0.6) is 0 Å². The van der Waals surface area contributed by atoms with E-state index in [4.69, 9.17) is 0 Å². The van der Waals surface area contributed by atoms with Crippen LogP contribution in [0.2, 0.25) is 0 Å². The molecule has 0 saturated heterocycles. The number of rotatable bonds is 0. The van der Waals surface area contributed by atoms with Gasteiger partial charge in [0.05, 0.1) is 0 Å². The van der Waals surface area contributed by atoms with Crippen LogP contribution in [0.4, 0.5) is 0 Å². The van der Waals surface area contributed by atoms with Crippen LogP contribution in [0.1, 0.15) is 20.8 Å². The van der Waals surface area contributed by atoms with Crippen LogP contribution in [0.3, 0.4) is 0 Å². The van der Waals surface area contributed by atoms with Gasteiger partial charge in [0.15, 0.2) is 0 Å². The van der Waals surface area contributed by atoms with E-state index in [2.05, 4.69) is 26.8 Å². The van der Waals surface area contributed by atoms with Gasteiger partial charge in [-0.2, -0.15) is 5.57 Å². The van der Waals surface area contributed by atoms with Crippen LogP contribution in [-0.4, -0.2) is 10.2 Å². The average Bonchev–Trinajstić information content (AvgIpc) is 1.98. The second kappa shape index (κ2) is 3.91. The minimum Gasteiger partial charge on any atom is -0.271 e. The molecule has 2 heteroatoms. The van der Waals surface area contributed by atoms with Gasteiger partial charge in [-0.15, -0.1) is 6.92 Å². The SMILES string of the molecule is CC1=C(C)C(C)[C-]=C1[SiH3].[Na+]. The summed E-state index contributed by atoms with van der Waals surface area (Å²) in [4.78, 5) is 0. The summed E-state index contributed by atoms with van der Waals surface area (Å²) < 4.78 is 0. The van der Waals surface area contributed by atoms with Gasteiger partial charge in [0.2, 0.25) is 0 Å². The zero-order valence-electron chi connectivity index (χ0n) is 7.58. The Morgan fingerprint density at radius 1 is 1.40 bits per heavy atom. The van der Waals surface area contributed by atoms with Gasteiger partial charge in [-0.1, -0.05) is 19.8 Å². The van der Waals surface area contributed by atoms with Gasteiger partial charge < -0.3 is 0 Å². The molecule has 10 heavy (non-hydrogen) atoms. The van der Waals surface area contributed by atoms with Crippen molar-refractivity contribution in [2.24, 2.45) is 5.92 Å². The fourth-order valence-corrected chi connectivity index (χ4v) is 1.99. The molecule has 1 rings (SSSR count). The van der Waals surface area contributed by atoms with E-state index in [1.54, 1.807) is 0 Å². The van der Waals surface area contributed by atoms with E-state index in [0.717, 1.165) is 10.2 Å². The molecule has 50 valence electrons. The standard InChI is InChI=1S/C8H13Si.Na/c1-5-4-8(9)7(3)6(5)2;/h5H,1-3,9H3;/q-1;+1. The van der Waals surface area contributed by atoms with Crippen molar-refractivity contribution in [3.8, 4) is 0 Å². The van der Waals surface area contributed by atoms with Crippen molar-refractivity contribution < 1.29 is 29.6 Å². The molecular formula is C8H13NaSi. The smallest absolute Gasteiger partial charge is 0.271 e. The van der Waals surface area contributed by atoms with Crippen molar-refractivity contribution in [3.05, 3.63) is 22.4 Å². The summed E-state index contributed by atoms with van der Waals surface area (Å²) >= 11 is 0. The number of allylic oxidation sites excluding steroid dienone is 4. The Morgan fingerprint density at radius 2 is 1.90 bits per heavy atom. The minimum atomic E-state index is 0. The maximum Gasteiger partial charge on any atom is 1.00 e.